The molecule has 0 saturated heterocycles. The Morgan fingerprint density at radius 2 is 1.93 bits per heavy atom. The van der Waals surface area contributed by atoms with Gasteiger partial charge in [-0.3, -0.25) is 9.59 Å². The lowest BCUT2D eigenvalue weighted by molar-refractivity contribution is -0.139. The first-order valence-corrected chi connectivity index (χ1v) is 10.3. The number of thioether (sulfide) groups is 1. The Hall–Kier alpha value is -2.25. The summed E-state index contributed by atoms with van der Waals surface area (Å²) in [5.74, 6) is -0.529. The van der Waals surface area contributed by atoms with Crippen molar-refractivity contribution in [3.05, 3.63) is 51.7 Å². The topological polar surface area (TPSA) is 69.2 Å². The summed E-state index contributed by atoms with van der Waals surface area (Å²) in [5, 5.41) is 1.75. The standard InChI is InChI=1S/C20H20N2O3S2/c1-11-5-6-12(2)15(7-11)16(23)8-25-17(24)9-26-19-18-13(3)14(4)27-20(18)22-10-21-19/h5-7,10H,8-9H2,1-4H3. The molecule has 3 rings (SSSR count). The van der Waals surface area contributed by atoms with Gasteiger partial charge < -0.3 is 4.74 Å². The van der Waals surface area contributed by atoms with Gasteiger partial charge in [0.05, 0.1) is 5.75 Å². The molecule has 1 aromatic carbocycles. The number of Topliss-reactive ketones (excluding diaryl/α,β-unsaturated/α-hetero) is 1. The molecule has 7 heteroatoms. The number of benzene rings is 1. The predicted octanol–water partition coefficient (Wildman–Crippen LogP) is 4.44. The van der Waals surface area contributed by atoms with Gasteiger partial charge in [-0.2, -0.15) is 0 Å². The summed E-state index contributed by atoms with van der Waals surface area (Å²) in [5.41, 5.74) is 3.61. The molecule has 0 amide bonds. The van der Waals surface area contributed by atoms with Crippen LogP contribution in [0.5, 0.6) is 0 Å². The average molecular weight is 401 g/mol. The van der Waals surface area contributed by atoms with Crippen molar-refractivity contribution in [2.24, 2.45) is 0 Å². The highest BCUT2D eigenvalue weighted by atomic mass is 32.2. The molecule has 2 heterocycles. The summed E-state index contributed by atoms with van der Waals surface area (Å²) < 4.78 is 5.17. The van der Waals surface area contributed by atoms with E-state index in [-0.39, 0.29) is 18.1 Å². The zero-order chi connectivity index (χ0) is 19.6. The molecule has 140 valence electrons. The van der Waals surface area contributed by atoms with Gasteiger partial charge in [0.2, 0.25) is 5.78 Å². The van der Waals surface area contributed by atoms with Crippen LogP contribution < -0.4 is 0 Å². The number of aryl methyl sites for hydroxylation is 4. The van der Waals surface area contributed by atoms with Crippen molar-refractivity contribution < 1.29 is 14.3 Å². The number of aromatic nitrogens is 2. The molecule has 0 unspecified atom stereocenters. The van der Waals surface area contributed by atoms with Crippen molar-refractivity contribution in [3.63, 3.8) is 0 Å². The normalized spacial score (nSPS) is 11.0. The maximum absolute atomic E-state index is 12.3. The highest BCUT2D eigenvalue weighted by molar-refractivity contribution is 8.00. The van der Waals surface area contributed by atoms with E-state index >= 15 is 0 Å². The van der Waals surface area contributed by atoms with Crippen LogP contribution in [0.3, 0.4) is 0 Å². The summed E-state index contributed by atoms with van der Waals surface area (Å²) in [6.45, 7) is 7.62. The molecule has 0 aliphatic rings. The maximum Gasteiger partial charge on any atom is 0.316 e. The Morgan fingerprint density at radius 1 is 1.15 bits per heavy atom. The third-order valence-electron chi connectivity index (χ3n) is 4.32. The Bertz CT molecular complexity index is 1030. The quantitative estimate of drug-likeness (QED) is 0.264. The van der Waals surface area contributed by atoms with Gasteiger partial charge in [0.15, 0.2) is 6.61 Å². The van der Waals surface area contributed by atoms with Crippen molar-refractivity contribution in [3.8, 4) is 0 Å². The first-order chi connectivity index (χ1) is 12.9. The van der Waals surface area contributed by atoms with Crippen LogP contribution >= 0.6 is 23.1 Å². The van der Waals surface area contributed by atoms with Gasteiger partial charge in [0.1, 0.15) is 16.2 Å². The van der Waals surface area contributed by atoms with Crippen molar-refractivity contribution >= 4 is 45.1 Å². The second-order valence-electron chi connectivity index (χ2n) is 6.33. The molecule has 0 fully saturated rings. The van der Waals surface area contributed by atoms with E-state index in [2.05, 4.69) is 9.97 Å². The molecule has 5 nitrogen and oxygen atoms in total. The molecule has 0 aliphatic heterocycles. The van der Waals surface area contributed by atoms with Gasteiger partial charge in [-0.15, -0.1) is 11.3 Å². The van der Waals surface area contributed by atoms with Crippen molar-refractivity contribution in [1.29, 1.82) is 0 Å². The van der Waals surface area contributed by atoms with Crippen LogP contribution in [0.15, 0.2) is 29.6 Å². The number of thiophene rings is 1. The SMILES string of the molecule is Cc1ccc(C)c(C(=O)COC(=O)CSc2ncnc3sc(C)c(C)c23)c1. The molecule has 27 heavy (non-hydrogen) atoms. The minimum atomic E-state index is -0.435. The van der Waals surface area contributed by atoms with E-state index in [0.29, 0.717) is 5.56 Å². The van der Waals surface area contributed by atoms with E-state index in [1.165, 1.54) is 23.0 Å². The van der Waals surface area contributed by atoms with Gasteiger partial charge in [0.25, 0.3) is 0 Å². The summed E-state index contributed by atoms with van der Waals surface area (Å²) in [4.78, 5) is 35.1. The lowest BCUT2D eigenvalue weighted by Crippen LogP contribution is -2.16. The van der Waals surface area contributed by atoms with Crippen LogP contribution in [0.2, 0.25) is 0 Å². The number of ether oxygens (including phenoxy) is 1. The third-order valence-corrected chi connectivity index (χ3v) is 6.39. The predicted molar refractivity (Wildman–Crippen MR) is 109 cm³/mol. The molecular formula is C20H20N2O3S2. The number of esters is 1. The number of hydrogen-bond acceptors (Lipinski definition) is 7. The van der Waals surface area contributed by atoms with Crippen molar-refractivity contribution in [2.75, 3.05) is 12.4 Å². The van der Waals surface area contributed by atoms with Crippen LogP contribution in [0.4, 0.5) is 0 Å². The van der Waals surface area contributed by atoms with Crippen molar-refractivity contribution in [2.45, 2.75) is 32.7 Å². The fourth-order valence-electron chi connectivity index (χ4n) is 2.69. The number of carbonyl (C=O) groups is 2. The van der Waals surface area contributed by atoms with Gasteiger partial charge >= 0.3 is 5.97 Å². The van der Waals surface area contributed by atoms with E-state index in [0.717, 1.165) is 31.9 Å². The van der Waals surface area contributed by atoms with E-state index < -0.39 is 5.97 Å². The van der Waals surface area contributed by atoms with Gasteiger partial charge in [-0.25, -0.2) is 9.97 Å². The highest BCUT2D eigenvalue weighted by Gasteiger charge is 2.16. The molecule has 0 radical (unpaired) electrons. The largest absolute Gasteiger partial charge is 0.457 e. The van der Waals surface area contributed by atoms with Crippen LogP contribution in [0.1, 0.15) is 31.9 Å². The lowest BCUT2D eigenvalue weighted by atomic mass is 10.0. The van der Waals surface area contributed by atoms with E-state index in [9.17, 15) is 9.59 Å². The van der Waals surface area contributed by atoms with Crippen molar-refractivity contribution in [1.82, 2.24) is 9.97 Å². The molecule has 0 aliphatic carbocycles. The minimum Gasteiger partial charge on any atom is -0.457 e. The number of carbonyl (C=O) groups excluding carboxylic acids is 2. The Kier molecular flexibility index (Phi) is 5.92. The molecular weight excluding hydrogens is 380 g/mol. The third kappa shape index (κ3) is 4.36. The summed E-state index contributed by atoms with van der Waals surface area (Å²) >= 11 is 2.92. The van der Waals surface area contributed by atoms with Crippen LogP contribution in [0, 0.1) is 27.7 Å². The van der Waals surface area contributed by atoms with Gasteiger partial charge in [-0.1, -0.05) is 29.5 Å². The van der Waals surface area contributed by atoms with Crippen LogP contribution in [-0.2, 0) is 9.53 Å². The molecule has 0 N–H and O–H groups in total. The van der Waals surface area contributed by atoms with E-state index in [1.54, 1.807) is 11.3 Å². The lowest BCUT2D eigenvalue weighted by Gasteiger charge is -2.08. The number of nitrogens with zero attached hydrogens (tertiary/aromatic N) is 2. The van der Waals surface area contributed by atoms with E-state index in [1.807, 2.05) is 45.9 Å². The number of fused-ring (bicyclic) bond motifs is 1. The molecule has 0 spiro atoms. The molecule has 0 saturated carbocycles. The molecule has 2 aromatic heterocycles. The maximum atomic E-state index is 12.3. The Balaban J connectivity index is 1.61. The second-order valence-corrected chi connectivity index (χ2v) is 8.50. The summed E-state index contributed by atoms with van der Waals surface area (Å²) in [6.07, 6.45) is 1.51. The first kappa shape index (κ1) is 19.5. The summed E-state index contributed by atoms with van der Waals surface area (Å²) in [7, 11) is 0. The molecule has 3 aromatic rings. The smallest absolute Gasteiger partial charge is 0.316 e. The Labute approximate surface area is 166 Å². The Morgan fingerprint density at radius 3 is 2.70 bits per heavy atom. The monoisotopic (exact) mass is 400 g/mol. The molecule has 0 bridgehead atoms. The number of ketones is 1. The average Bonchev–Trinajstić information content (AvgIpc) is 2.94. The molecule has 0 atom stereocenters. The van der Waals surface area contributed by atoms with Gasteiger partial charge in [-0.05, 0) is 44.9 Å². The minimum absolute atomic E-state index is 0.0977. The highest BCUT2D eigenvalue weighted by Crippen LogP contribution is 2.34. The fraction of sp³-hybridized carbons (Fsp3) is 0.300. The summed E-state index contributed by atoms with van der Waals surface area (Å²) in [6, 6.07) is 5.66. The van der Waals surface area contributed by atoms with Crippen LogP contribution in [-0.4, -0.2) is 34.1 Å². The van der Waals surface area contributed by atoms with Gasteiger partial charge in [0, 0.05) is 15.8 Å². The number of hydrogen-bond donors (Lipinski definition) is 0. The van der Waals surface area contributed by atoms with Crippen LogP contribution in [0.25, 0.3) is 10.2 Å². The zero-order valence-corrected chi connectivity index (χ0v) is 17.3. The fourth-order valence-corrected chi connectivity index (χ4v) is 4.60. The number of rotatable bonds is 6. The van der Waals surface area contributed by atoms with E-state index in [4.69, 9.17) is 4.74 Å². The zero-order valence-electron chi connectivity index (χ0n) is 15.7. The first-order valence-electron chi connectivity index (χ1n) is 8.46. The second kappa shape index (κ2) is 8.19.